The third-order valence-electron chi connectivity index (χ3n) is 3.54. The zero-order valence-corrected chi connectivity index (χ0v) is 15.0. The van der Waals surface area contributed by atoms with Gasteiger partial charge in [0.1, 0.15) is 12.4 Å². The Bertz CT molecular complexity index is 809. The molecule has 1 heterocycles. The number of hydrogen-bond donors (Lipinski definition) is 2. The zero-order valence-electron chi connectivity index (χ0n) is 14.2. The summed E-state index contributed by atoms with van der Waals surface area (Å²) in [6.07, 6.45) is 0.818. The predicted octanol–water partition coefficient (Wildman–Crippen LogP) is 2.83. The first-order valence-electron chi connectivity index (χ1n) is 8.32. The summed E-state index contributed by atoms with van der Waals surface area (Å²) >= 11 is 1.30. The van der Waals surface area contributed by atoms with Gasteiger partial charge in [-0.15, -0.1) is 5.10 Å². The van der Waals surface area contributed by atoms with Crippen molar-refractivity contribution in [1.82, 2.24) is 20.5 Å². The quantitative estimate of drug-likeness (QED) is 0.568. The van der Waals surface area contributed by atoms with Crippen LogP contribution in [-0.2, 0) is 17.8 Å². The van der Waals surface area contributed by atoms with Crippen LogP contribution < -0.4 is 10.1 Å². The molecule has 2 aromatic carbocycles. The van der Waals surface area contributed by atoms with Crippen molar-refractivity contribution in [2.24, 2.45) is 0 Å². The summed E-state index contributed by atoms with van der Waals surface area (Å²) in [7, 11) is 0. The molecule has 0 unspecified atom stereocenters. The number of carbonyl (C=O) groups is 1. The lowest BCUT2D eigenvalue weighted by Gasteiger charge is -2.04. The number of benzene rings is 2. The van der Waals surface area contributed by atoms with Gasteiger partial charge in [0, 0.05) is 6.54 Å². The summed E-state index contributed by atoms with van der Waals surface area (Å²) in [5.74, 6) is 1.65. The molecule has 134 valence electrons. The van der Waals surface area contributed by atoms with Crippen molar-refractivity contribution in [3.8, 4) is 5.75 Å². The molecule has 26 heavy (non-hydrogen) atoms. The van der Waals surface area contributed by atoms with Crippen molar-refractivity contribution in [2.75, 3.05) is 12.3 Å². The highest BCUT2D eigenvalue weighted by Gasteiger charge is 2.08. The Kier molecular flexibility index (Phi) is 6.66. The number of para-hydroxylation sites is 1. The fourth-order valence-electron chi connectivity index (χ4n) is 2.25. The summed E-state index contributed by atoms with van der Waals surface area (Å²) in [5, 5.41) is 10.4. The Morgan fingerprint density at radius 2 is 1.81 bits per heavy atom. The molecule has 0 saturated carbocycles. The second-order valence-electron chi connectivity index (χ2n) is 5.54. The maximum atomic E-state index is 11.9. The van der Waals surface area contributed by atoms with Crippen LogP contribution in [0, 0.1) is 0 Å². The van der Waals surface area contributed by atoms with Gasteiger partial charge in [0.05, 0.1) is 5.75 Å². The van der Waals surface area contributed by atoms with E-state index in [0.29, 0.717) is 24.1 Å². The van der Waals surface area contributed by atoms with Crippen molar-refractivity contribution in [2.45, 2.75) is 18.2 Å². The summed E-state index contributed by atoms with van der Waals surface area (Å²) < 4.78 is 5.60. The second-order valence-corrected chi connectivity index (χ2v) is 6.48. The summed E-state index contributed by atoms with van der Waals surface area (Å²) in [4.78, 5) is 16.2. The number of nitrogens with one attached hydrogen (secondary N) is 2. The summed E-state index contributed by atoms with van der Waals surface area (Å²) in [5.41, 5.74) is 1.21. The van der Waals surface area contributed by atoms with Gasteiger partial charge >= 0.3 is 0 Å². The third kappa shape index (κ3) is 5.93. The molecule has 0 fully saturated rings. The lowest BCUT2D eigenvalue weighted by atomic mass is 10.1. The minimum absolute atomic E-state index is 0.0298. The number of aromatic amines is 1. The lowest BCUT2D eigenvalue weighted by molar-refractivity contribution is -0.118. The first-order valence-corrected chi connectivity index (χ1v) is 9.31. The molecule has 2 N–H and O–H groups in total. The van der Waals surface area contributed by atoms with Crippen LogP contribution in [0.25, 0.3) is 0 Å². The van der Waals surface area contributed by atoms with Gasteiger partial charge in [0.25, 0.3) is 0 Å². The lowest BCUT2D eigenvalue weighted by Crippen LogP contribution is -2.27. The van der Waals surface area contributed by atoms with Crippen LogP contribution in [0.2, 0.25) is 0 Å². The largest absolute Gasteiger partial charge is 0.486 e. The number of ether oxygens (including phenoxy) is 1. The molecule has 3 aromatic rings. The number of aromatic nitrogens is 3. The third-order valence-corrected chi connectivity index (χ3v) is 4.39. The van der Waals surface area contributed by atoms with E-state index in [9.17, 15) is 4.79 Å². The smallest absolute Gasteiger partial charge is 0.230 e. The Labute approximate surface area is 156 Å². The highest BCUT2D eigenvalue weighted by molar-refractivity contribution is 7.99. The fourth-order valence-corrected chi connectivity index (χ4v) is 2.89. The summed E-state index contributed by atoms with van der Waals surface area (Å²) in [6, 6.07) is 19.6. The van der Waals surface area contributed by atoms with Crippen LogP contribution in [0.3, 0.4) is 0 Å². The van der Waals surface area contributed by atoms with E-state index in [1.165, 1.54) is 17.3 Å². The highest BCUT2D eigenvalue weighted by Crippen LogP contribution is 2.14. The average Bonchev–Trinajstić information content (AvgIpc) is 3.14. The van der Waals surface area contributed by atoms with E-state index >= 15 is 0 Å². The van der Waals surface area contributed by atoms with Gasteiger partial charge in [-0.3, -0.25) is 9.89 Å². The average molecular weight is 368 g/mol. The topological polar surface area (TPSA) is 79.9 Å². The number of carbonyl (C=O) groups excluding carboxylic acids is 1. The molecule has 7 heteroatoms. The van der Waals surface area contributed by atoms with Gasteiger partial charge in [0.15, 0.2) is 5.82 Å². The van der Waals surface area contributed by atoms with Crippen LogP contribution >= 0.6 is 11.8 Å². The van der Waals surface area contributed by atoms with Gasteiger partial charge in [-0.05, 0) is 24.1 Å². The van der Waals surface area contributed by atoms with E-state index in [0.717, 1.165) is 12.2 Å². The van der Waals surface area contributed by atoms with Crippen molar-refractivity contribution >= 4 is 17.7 Å². The van der Waals surface area contributed by atoms with Gasteiger partial charge in [-0.2, -0.15) is 0 Å². The molecule has 0 aliphatic heterocycles. The molecule has 6 nitrogen and oxygen atoms in total. The van der Waals surface area contributed by atoms with Gasteiger partial charge in [0.2, 0.25) is 11.1 Å². The molecule has 0 aliphatic rings. The first-order chi connectivity index (χ1) is 12.8. The van der Waals surface area contributed by atoms with E-state index in [2.05, 4.69) is 20.5 Å². The van der Waals surface area contributed by atoms with Crippen LogP contribution in [0.5, 0.6) is 5.75 Å². The molecule has 0 aliphatic carbocycles. The monoisotopic (exact) mass is 368 g/mol. The second kappa shape index (κ2) is 9.62. The van der Waals surface area contributed by atoms with E-state index in [4.69, 9.17) is 4.74 Å². The molecule has 3 rings (SSSR count). The number of H-pyrrole nitrogens is 1. The predicted molar refractivity (Wildman–Crippen MR) is 101 cm³/mol. The Hall–Kier alpha value is -2.80. The number of rotatable bonds is 9. The van der Waals surface area contributed by atoms with E-state index in [1.807, 2.05) is 60.7 Å². The summed E-state index contributed by atoms with van der Waals surface area (Å²) in [6.45, 7) is 0.925. The Balaban J connectivity index is 1.35. The molecular weight excluding hydrogens is 348 g/mol. The first kappa shape index (κ1) is 18.0. The number of nitrogens with zero attached hydrogens (tertiary/aromatic N) is 2. The maximum absolute atomic E-state index is 11.9. The minimum atomic E-state index is -0.0298. The minimum Gasteiger partial charge on any atom is -0.486 e. The number of amides is 1. The molecule has 0 radical (unpaired) electrons. The van der Waals surface area contributed by atoms with Gasteiger partial charge < -0.3 is 10.1 Å². The van der Waals surface area contributed by atoms with Gasteiger partial charge in [-0.1, -0.05) is 60.3 Å². The SMILES string of the molecule is O=C(CSc1n[nH]c(COc2ccccc2)n1)NCCc1ccccc1. The van der Waals surface area contributed by atoms with E-state index < -0.39 is 0 Å². The molecule has 1 amide bonds. The van der Waals surface area contributed by atoms with Crippen LogP contribution in [0.1, 0.15) is 11.4 Å². The van der Waals surface area contributed by atoms with Crippen molar-refractivity contribution < 1.29 is 9.53 Å². The Morgan fingerprint density at radius 3 is 2.58 bits per heavy atom. The van der Waals surface area contributed by atoms with E-state index in [1.54, 1.807) is 0 Å². The molecule has 0 spiro atoms. The number of thioether (sulfide) groups is 1. The van der Waals surface area contributed by atoms with E-state index in [-0.39, 0.29) is 11.7 Å². The molecule has 1 aromatic heterocycles. The van der Waals surface area contributed by atoms with Gasteiger partial charge in [-0.25, -0.2) is 4.98 Å². The number of hydrogen-bond acceptors (Lipinski definition) is 5. The highest BCUT2D eigenvalue weighted by atomic mass is 32.2. The van der Waals surface area contributed by atoms with Crippen molar-refractivity contribution in [1.29, 1.82) is 0 Å². The Morgan fingerprint density at radius 1 is 1.08 bits per heavy atom. The molecular formula is C19H20N4O2S. The molecule has 0 atom stereocenters. The van der Waals surface area contributed by atoms with Crippen LogP contribution in [-0.4, -0.2) is 33.4 Å². The zero-order chi connectivity index (χ0) is 18.0. The standard InChI is InChI=1S/C19H20N4O2S/c24-18(20-12-11-15-7-3-1-4-8-15)14-26-19-21-17(22-23-19)13-25-16-9-5-2-6-10-16/h1-10H,11-14H2,(H,20,24)(H,21,22,23). The van der Waals surface area contributed by atoms with Crippen LogP contribution in [0.15, 0.2) is 65.8 Å². The fraction of sp³-hybridized carbons (Fsp3) is 0.211. The van der Waals surface area contributed by atoms with Crippen LogP contribution in [0.4, 0.5) is 0 Å². The molecule has 0 bridgehead atoms. The molecule has 0 saturated heterocycles. The van der Waals surface area contributed by atoms with Crippen molar-refractivity contribution in [3.05, 3.63) is 72.1 Å². The maximum Gasteiger partial charge on any atom is 0.230 e. The normalized spacial score (nSPS) is 10.5. The van der Waals surface area contributed by atoms with Crippen molar-refractivity contribution in [3.63, 3.8) is 0 Å².